The average Bonchev–Trinajstić information content (AvgIpc) is 2.32. The van der Waals surface area contributed by atoms with Gasteiger partial charge in [-0.2, -0.15) is 0 Å². The zero-order valence-corrected chi connectivity index (χ0v) is 11.7. The lowest BCUT2D eigenvalue weighted by molar-refractivity contribution is 0.542. The van der Waals surface area contributed by atoms with Crippen molar-refractivity contribution >= 4 is 17.4 Å². The number of rotatable bonds is 3. The Morgan fingerprint density at radius 1 is 1.00 bits per heavy atom. The molecule has 0 atom stereocenters. The van der Waals surface area contributed by atoms with Crippen LogP contribution in [0.3, 0.4) is 0 Å². The summed E-state index contributed by atoms with van der Waals surface area (Å²) in [6, 6.07) is 8.32. The van der Waals surface area contributed by atoms with Gasteiger partial charge in [0.25, 0.3) is 0 Å². The van der Waals surface area contributed by atoms with Gasteiger partial charge in [-0.3, -0.25) is 0 Å². The molecule has 0 heterocycles. The minimum absolute atomic E-state index is 0.0208. The van der Waals surface area contributed by atoms with Crippen molar-refractivity contribution in [2.24, 2.45) is 0 Å². The first-order valence-electron chi connectivity index (χ1n) is 5.91. The van der Waals surface area contributed by atoms with Crippen LogP contribution in [0, 0.1) is 25.5 Å². The molecule has 0 aliphatic heterocycles. The molecular weight excluding hydrogens is 264 g/mol. The zero-order valence-electron chi connectivity index (χ0n) is 10.8. The fourth-order valence-electron chi connectivity index (χ4n) is 1.77. The minimum atomic E-state index is -0.605. The summed E-state index contributed by atoms with van der Waals surface area (Å²) in [6.07, 6.45) is 0. The van der Waals surface area contributed by atoms with Gasteiger partial charge in [-0.25, -0.2) is 8.78 Å². The van der Waals surface area contributed by atoms with Crippen LogP contribution >= 0.6 is 11.8 Å². The highest BCUT2D eigenvalue weighted by molar-refractivity contribution is 7.98. The Kier molecular flexibility index (Phi) is 4.10. The monoisotopic (exact) mass is 279 g/mol. The second-order valence-corrected chi connectivity index (χ2v) is 5.51. The standard InChI is InChI=1S/C15H15F2NS/c1-9-3-4-11(5-10(9)2)8-19-15-13(16)6-12(18)7-14(15)17/h3-7H,8,18H2,1-2H3. The topological polar surface area (TPSA) is 26.0 Å². The number of aryl methyl sites for hydroxylation is 2. The summed E-state index contributed by atoms with van der Waals surface area (Å²) in [4.78, 5) is 0.0208. The van der Waals surface area contributed by atoms with Crippen LogP contribution in [0.25, 0.3) is 0 Å². The molecule has 2 aromatic carbocycles. The normalized spacial score (nSPS) is 10.7. The van der Waals surface area contributed by atoms with Crippen LogP contribution in [0.15, 0.2) is 35.2 Å². The second-order valence-electron chi connectivity index (χ2n) is 4.52. The van der Waals surface area contributed by atoms with Crippen LogP contribution in [0.2, 0.25) is 0 Å². The molecule has 1 nitrogen and oxygen atoms in total. The molecule has 0 fully saturated rings. The number of hydrogen-bond donors (Lipinski definition) is 1. The van der Waals surface area contributed by atoms with E-state index in [1.165, 1.54) is 11.1 Å². The summed E-state index contributed by atoms with van der Waals surface area (Å²) in [5, 5.41) is 0. The Morgan fingerprint density at radius 2 is 1.63 bits per heavy atom. The van der Waals surface area contributed by atoms with E-state index >= 15 is 0 Å². The van der Waals surface area contributed by atoms with Crippen LogP contribution in [-0.2, 0) is 5.75 Å². The van der Waals surface area contributed by atoms with Gasteiger partial charge in [0.2, 0.25) is 0 Å². The molecule has 0 amide bonds. The van der Waals surface area contributed by atoms with Gasteiger partial charge >= 0.3 is 0 Å². The molecule has 0 spiro atoms. The highest BCUT2D eigenvalue weighted by Crippen LogP contribution is 2.30. The first kappa shape index (κ1) is 13.9. The second kappa shape index (κ2) is 5.61. The van der Waals surface area contributed by atoms with Gasteiger partial charge in [0.05, 0.1) is 4.90 Å². The van der Waals surface area contributed by atoms with Crippen molar-refractivity contribution in [3.05, 3.63) is 58.7 Å². The molecule has 0 saturated heterocycles. The Labute approximate surface area is 115 Å². The fraction of sp³-hybridized carbons (Fsp3) is 0.200. The van der Waals surface area contributed by atoms with Crippen molar-refractivity contribution in [2.75, 3.05) is 5.73 Å². The SMILES string of the molecule is Cc1ccc(CSc2c(F)cc(N)cc2F)cc1C. The van der Waals surface area contributed by atoms with E-state index in [9.17, 15) is 8.78 Å². The van der Waals surface area contributed by atoms with Crippen LogP contribution in [0.5, 0.6) is 0 Å². The van der Waals surface area contributed by atoms with E-state index in [1.807, 2.05) is 32.0 Å². The predicted octanol–water partition coefficient (Wildman–Crippen LogP) is 4.46. The fourth-order valence-corrected chi connectivity index (χ4v) is 2.65. The van der Waals surface area contributed by atoms with Gasteiger partial charge in [-0.15, -0.1) is 11.8 Å². The van der Waals surface area contributed by atoms with Crippen molar-refractivity contribution in [1.29, 1.82) is 0 Å². The smallest absolute Gasteiger partial charge is 0.141 e. The number of benzene rings is 2. The maximum absolute atomic E-state index is 13.6. The van der Waals surface area contributed by atoms with Crippen LogP contribution in [0.1, 0.15) is 16.7 Å². The average molecular weight is 279 g/mol. The van der Waals surface area contributed by atoms with Gasteiger partial charge in [-0.1, -0.05) is 18.2 Å². The quantitative estimate of drug-likeness (QED) is 0.663. The Morgan fingerprint density at radius 3 is 2.21 bits per heavy atom. The molecule has 2 aromatic rings. The molecule has 0 unspecified atom stereocenters. The largest absolute Gasteiger partial charge is 0.399 e. The lowest BCUT2D eigenvalue weighted by Crippen LogP contribution is -1.94. The molecule has 2 N–H and O–H groups in total. The summed E-state index contributed by atoms with van der Waals surface area (Å²) in [5.74, 6) is -0.684. The van der Waals surface area contributed by atoms with Gasteiger partial charge in [-0.05, 0) is 42.7 Å². The van der Waals surface area contributed by atoms with Crippen molar-refractivity contribution < 1.29 is 8.78 Å². The first-order chi connectivity index (χ1) is 8.97. The van der Waals surface area contributed by atoms with Crippen molar-refractivity contribution in [2.45, 2.75) is 24.5 Å². The van der Waals surface area contributed by atoms with E-state index < -0.39 is 11.6 Å². The van der Waals surface area contributed by atoms with Crippen LogP contribution in [0.4, 0.5) is 14.5 Å². The van der Waals surface area contributed by atoms with E-state index in [4.69, 9.17) is 5.73 Å². The van der Waals surface area contributed by atoms with Crippen molar-refractivity contribution in [1.82, 2.24) is 0 Å². The maximum atomic E-state index is 13.6. The number of anilines is 1. The van der Waals surface area contributed by atoms with Crippen LogP contribution < -0.4 is 5.73 Å². The Hall–Kier alpha value is -1.55. The molecule has 19 heavy (non-hydrogen) atoms. The van der Waals surface area contributed by atoms with Crippen molar-refractivity contribution in [3.63, 3.8) is 0 Å². The third-order valence-electron chi connectivity index (χ3n) is 2.98. The van der Waals surface area contributed by atoms with E-state index in [0.717, 1.165) is 29.5 Å². The molecule has 0 aliphatic carbocycles. The molecular formula is C15H15F2NS. The predicted molar refractivity (Wildman–Crippen MR) is 76.2 cm³/mol. The molecule has 4 heteroatoms. The van der Waals surface area contributed by atoms with Gasteiger partial charge in [0, 0.05) is 11.4 Å². The number of nitrogens with two attached hydrogens (primary N) is 1. The summed E-state index contributed by atoms with van der Waals surface area (Å²) in [6.45, 7) is 4.06. The highest BCUT2D eigenvalue weighted by atomic mass is 32.2. The van der Waals surface area contributed by atoms with Crippen LogP contribution in [-0.4, -0.2) is 0 Å². The molecule has 0 aromatic heterocycles. The number of hydrogen-bond acceptors (Lipinski definition) is 2. The molecule has 100 valence electrons. The third-order valence-corrected chi connectivity index (χ3v) is 4.13. The van der Waals surface area contributed by atoms with Crippen molar-refractivity contribution in [3.8, 4) is 0 Å². The summed E-state index contributed by atoms with van der Waals surface area (Å²) in [7, 11) is 0. The summed E-state index contributed by atoms with van der Waals surface area (Å²) < 4.78 is 27.2. The zero-order chi connectivity index (χ0) is 14.0. The number of nitrogen functional groups attached to an aromatic ring is 1. The first-order valence-corrected chi connectivity index (χ1v) is 6.89. The van der Waals surface area contributed by atoms with E-state index in [1.54, 1.807) is 0 Å². The molecule has 2 rings (SSSR count). The van der Waals surface area contributed by atoms with Gasteiger partial charge in [0.15, 0.2) is 0 Å². The molecule has 0 radical (unpaired) electrons. The van der Waals surface area contributed by atoms with E-state index in [0.29, 0.717) is 5.75 Å². The van der Waals surface area contributed by atoms with E-state index in [-0.39, 0.29) is 10.6 Å². The van der Waals surface area contributed by atoms with Gasteiger partial charge < -0.3 is 5.73 Å². The van der Waals surface area contributed by atoms with E-state index in [2.05, 4.69) is 0 Å². The highest BCUT2D eigenvalue weighted by Gasteiger charge is 2.11. The molecule has 0 saturated carbocycles. The maximum Gasteiger partial charge on any atom is 0.141 e. The number of thioether (sulfide) groups is 1. The minimum Gasteiger partial charge on any atom is -0.399 e. The van der Waals surface area contributed by atoms with Gasteiger partial charge in [0.1, 0.15) is 11.6 Å². The lowest BCUT2D eigenvalue weighted by atomic mass is 10.1. The number of halogens is 2. The summed E-state index contributed by atoms with van der Waals surface area (Å²) >= 11 is 1.14. The lowest BCUT2D eigenvalue weighted by Gasteiger charge is -2.07. The Bertz CT molecular complexity index is 588. The third kappa shape index (κ3) is 3.26. The Balaban J connectivity index is 2.16. The summed E-state index contributed by atoms with van der Waals surface area (Å²) in [5.41, 5.74) is 8.91. The molecule has 0 bridgehead atoms. The molecule has 0 aliphatic rings.